The highest BCUT2D eigenvalue weighted by Gasteiger charge is 2.41. The first kappa shape index (κ1) is 22.0. The van der Waals surface area contributed by atoms with Crippen molar-refractivity contribution < 1.29 is 31.1 Å². The standard InChI is InChI=1S/C19H25F3N2O4S/c1-28-18(25)17-13-23(16-4-2-3-5-16)10-11-29(26,27)24(17)12-14-6-8-15(9-7-14)19(20,21)22/h6-9,16-17H,2-5,10-13H2,1H3. The third-order valence-electron chi connectivity index (χ3n) is 5.68. The van der Waals surface area contributed by atoms with Crippen molar-refractivity contribution in [3.05, 3.63) is 35.4 Å². The van der Waals surface area contributed by atoms with Crippen molar-refractivity contribution in [2.24, 2.45) is 0 Å². The molecule has 1 heterocycles. The summed E-state index contributed by atoms with van der Waals surface area (Å²) in [6.07, 6.45) is -0.388. The number of carbonyl (C=O) groups is 1. The van der Waals surface area contributed by atoms with Crippen LogP contribution in [-0.4, -0.2) is 61.6 Å². The Morgan fingerprint density at radius 2 is 1.79 bits per heavy atom. The summed E-state index contributed by atoms with van der Waals surface area (Å²) in [6, 6.07) is 3.52. The predicted molar refractivity (Wildman–Crippen MR) is 100 cm³/mol. The number of ether oxygens (including phenoxy) is 1. The molecular weight excluding hydrogens is 409 g/mol. The maximum absolute atomic E-state index is 12.9. The summed E-state index contributed by atoms with van der Waals surface area (Å²) in [7, 11) is -2.59. The Labute approximate surface area is 168 Å². The summed E-state index contributed by atoms with van der Waals surface area (Å²) < 4.78 is 70.2. The lowest BCUT2D eigenvalue weighted by molar-refractivity contribution is -0.146. The van der Waals surface area contributed by atoms with Crippen molar-refractivity contribution in [3.8, 4) is 0 Å². The van der Waals surface area contributed by atoms with E-state index in [1.807, 2.05) is 4.90 Å². The van der Waals surface area contributed by atoms with Crippen LogP contribution in [0.15, 0.2) is 24.3 Å². The SMILES string of the molecule is COC(=O)C1CN(C2CCCC2)CCS(=O)(=O)N1Cc1ccc(C(F)(F)F)cc1. The molecule has 0 amide bonds. The van der Waals surface area contributed by atoms with E-state index in [1.165, 1.54) is 19.2 Å². The number of rotatable bonds is 4. The molecule has 3 rings (SSSR count). The van der Waals surface area contributed by atoms with Crippen LogP contribution in [0.5, 0.6) is 0 Å². The van der Waals surface area contributed by atoms with Gasteiger partial charge in [-0.15, -0.1) is 0 Å². The van der Waals surface area contributed by atoms with E-state index in [4.69, 9.17) is 4.74 Å². The second kappa shape index (κ2) is 8.61. The molecule has 0 radical (unpaired) electrons. The van der Waals surface area contributed by atoms with Gasteiger partial charge in [-0.25, -0.2) is 8.42 Å². The first-order valence-electron chi connectivity index (χ1n) is 9.59. The second-order valence-electron chi connectivity index (χ2n) is 7.53. The number of alkyl halides is 3. The highest BCUT2D eigenvalue weighted by Crippen LogP contribution is 2.30. The molecule has 1 aromatic rings. The van der Waals surface area contributed by atoms with Crippen LogP contribution in [0.3, 0.4) is 0 Å². The molecule has 162 valence electrons. The van der Waals surface area contributed by atoms with Gasteiger partial charge in [-0.05, 0) is 30.5 Å². The van der Waals surface area contributed by atoms with Crippen LogP contribution >= 0.6 is 0 Å². The largest absolute Gasteiger partial charge is 0.468 e. The van der Waals surface area contributed by atoms with E-state index in [-0.39, 0.29) is 24.9 Å². The first-order valence-corrected chi connectivity index (χ1v) is 11.2. The third-order valence-corrected chi connectivity index (χ3v) is 7.48. The fraction of sp³-hybridized carbons (Fsp3) is 0.632. The van der Waals surface area contributed by atoms with Crippen molar-refractivity contribution in [2.45, 2.75) is 50.5 Å². The van der Waals surface area contributed by atoms with Crippen molar-refractivity contribution in [2.75, 3.05) is 26.0 Å². The monoisotopic (exact) mass is 434 g/mol. The molecule has 1 unspecified atom stereocenters. The van der Waals surface area contributed by atoms with Crippen molar-refractivity contribution >= 4 is 16.0 Å². The number of halogens is 3. The molecule has 6 nitrogen and oxygen atoms in total. The van der Waals surface area contributed by atoms with E-state index in [2.05, 4.69) is 0 Å². The Morgan fingerprint density at radius 3 is 2.34 bits per heavy atom. The summed E-state index contributed by atoms with van der Waals surface area (Å²) >= 11 is 0. The zero-order chi connectivity index (χ0) is 21.2. The molecule has 1 aliphatic carbocycles. The maximum Gasteiger partial charge on any atom is 0.416 e. The number of carbonyl (C=O) groups excluding carboxylic acids is 1. The van der Waals surface area contributed by atoms with E-state index < -0.39 is 33.8 Å². The Bertz CT molecular complexity index is 821. The van der Waals surface area contributed by atoms with Crippen LogP contribution in [0.1, 0.15) is 36.8 Å². The number of sulfonamides is 1. The molecule has 0 N–H and O–H groups in total. The average Bonchev–Trinajstić information content (AvgIpc) is 3.16. The van der Waals surface area contributed by atoms with Crippen molar-refractivity contribution in [1.29, 1.82) is 0 Å². The van der Waals surface area contributed by atoms with E-state index in [0.717, 1.165) is 42.1 Å². The zero-order valence-corrected chi connectivity index (χ0v) is 17.0. The molecule has 2 fully saturated rings. The first-order chi connectivity index (χ1) is 13.6. The normalized spacial score (nSPS) is 24.3. The molecule has 10 heteroatoms. The van der Waals surface area contributed by atoms with E-state index >= 15 is 0 Å². The van der Waals surface area contributed by atoms with E-state index in [9.17, 15) is 26.4 Å². The molecule has 0 aromatic heterocycles. The van der Waals surface area contributed by atoms with Crippen molar-refractivity contribution in [3.63, 3.8) is 0 Å². The topological polar surface area (TPSA) is 66.9 Å². The number of methoxy groups -OCH3 is 1. The molecule has 0 spiro atoms. The highest BCUT2D eigenvalue weighted by molar-refractivity contribution is 7.89. The number of hydrogen-bond donors (Lipinski definition) is 0. The fourth-order valence-electron chi connectivity index (χ4n) is 4.07. The lowest BCUT2D eigenvalue weighted by Crippen LogP contribution is -2.49. The molecule has 2 aliphatic rings. The van der Waals surface area contributed by atoms with Crippen LogP contribution in [-0.2, 0) is 32.3 Å². The van der Waals surface area contributed by atoms with Gasteiger partial charge in [-0.2, -0.15) is 17.5 Å². The Balaban J connectivity index is 1.87. The quantitative estimate of drug-likeness (QED) is 0.682. The van der Waals surface area contributed by atoms with Gasteiger partial charge in [0.25, 0.3) is 0 Å². The number of nitrogens with zero attached hydrogens (tertiary/aromatic N) is 2. The van der Waals surface area contributed by atoms with Gasteiger partial charge in [-0.1, -0.05) is 25.0 Å². The molecule has 29 heavy (non-hydrogen) atoms. The third kappa shape index (κ3) is 5.10. The predicted octanol–water partition coefficient (Wildman–Crippen LogP) is 2.64. The van der Waals surface area contributed by atoms with Gasteiger partial charge in [-0.3, -0.25) is 9.69 Å². The van der Waals surface area contributed by atoms with Crippen LogP contribution in [0.2, 0.25) is 0 Å². The highest BCUT2D eigenvalue weighted by atomic mass is 32.2. The maximum atomic E-state index is 12.9. The number of hydrogen-bond acceptors (Lipinski definition) is 5. The molecular formula is C19H25F3N2O4S. The van der Waals surface area contributed by atoms with E-state index in [1.54, 1.807) is 0 Å². The summed E-state index contributed by atoms with van der Waals surface area (Å²) in [5.74, 6) is -0.803. The fourth-order valence-corrected chi connectivity index (χ4v) is 5.65. The Kier molecular flexibility index (Phi) is 6.54. The smallest absolute Gasteiger partial charge is 0.416 e. The summed E-state index contributed by atoms with van der Waals surface area (Å²) in [6.45, 7) is 0.361. The van der Waals surface area contributed by atoms with Crippen molar-refractivity contribution in [1.82, 2.24) is 9.21 Å². The van der Waals surface area contributed by atoms with Crippen LogP contribution in [0.25, 0.3) is 0 Å². The molecule has 0 bridgehead atoms. The minimum absolute atomic E-state index is 0.141. The van der Waals surface area contributed by atoms with Crippen LogP contribution < -0.4 is 0 Å². The minimum atomic E-state index is -4.47. The molecule has 1 saturated heterocycles. The van der Waals surface area contributed by atoms with Gasteiger partial charge >= 0.3 is 12.1 Å². The molecule has 1 atom stereocenters. The molecule has 1 aliphatic heterocycles. The number of benzene rings is 1. The van der Waals surface area contributed by atoms with Gasteiger partial charge in [0.05, 0.1) is 18.4 Å². The van der Waals surface area contributed by atoms with Gasteiger partial charge in [0.2, 0.25) is 10.0 Å². The summed E-state index contributed by atoms with van der Waals surface area (Å²) in [5, 5.41) is 0. The van der Waals surface area contributed by atoms with Gasteiger partial charge in [0, 0.05) is 25.7 Å². The number of esters is 1. The average molecular weight is 434 g/mol. The molecule has 1 aromatic carbocycles. The van der Waals surface area contributed by atoms with Gasteiger partial charge < -0.3 is 4.74 Å². The lowest BCUT2D eigenvalue weighted by Gasteiger charge is -2.31. The van der Waals surface area contributed by atoms with Crippen LogP contribution in [0, 0.1) is 0 Å². The van der Waals surface area contributed by atoms with E-state index in [0.29, 0.717) is 12.1 Å². The van der Waals surface area contributed by atoms with Crippen LogP contribution in [0.4, 0.5) is 13.2 Å². The second-order valence-corrected chi connectivity index (χ2v) is 9.57. The lowest BCUT2D eigenvalue weighted by atomic mass is 10.1. The molecule has 1 saturated carbocycles. The Hall–Kier alpha value is -1.65. The zero-order valence-electron chi connectivity index (χ0n) is 16.2. The minimum Gasteiger partial charge on any atom is -0.468 e. The van der Waals surface area contributed by atoms with Gasteiger partial charge in [0.1, 0.15) is 6.04 Å². The Morgan fingerprint density at radius 1 is 1.17 bits per heavy atom. The van der Waals surface area contributed by atoms with Gasteiger partial charge in [0.15, 0.2) is 0 Å². The summed E-state index contributed by atoms with van der Waals surface area (Å²) in [5.41, 5.74) is -0.429. The summed E-state index contributed by atoms with van der Waals surface area (Å²) in [4.78, 5) is 14.5.